The van der Waals surface area contributed by atoms with Crippen molar-refractivity contribution >= 4 is 5.91 Å². The van der Waals surface area contributed by atoms with E-state index in [1.54, 1.807) is 0 Å². The highest BCUT2D eigenvalue weighted by atomic mass is 16.4. The summed E-state index contributed by atoms with van der Waals surface area (Å²) in [6.07, 6.45) is 13.9. The van der Waals surface area contributed by atoms with Crippen LogP contribution in [0, 0.1) is 0 Å². The highest BCUT2D eigenvalue weighted by molar-refractivity contribution is 5.76. The van der Waals surface area contributed by atoms with Gasteiger partial charge in [0.15, 0.2) is 0 Å². The lowest BCUT2D eigenvalue weighted by Crippen LogP contribution is -2.37. The van der Waals surface area contributed by atoms with Crippen molar-refractivity contribution in [3.63, 3.8) is 0 Å². The van der Waals surface area contributed by atoms with E-state index in [9.17, 15) is 4.79 Å². The second kappa shape index (κ2) is 8.06. The van der Waals surface area contributed by atoms with E-state index in [0.717, 1.165) is 37.3 Å². The van der Waals surface area contributed by atoms with Crippen LogP contribution in [0.1, 0.15) is 76.0 Å². The third-order valence-corrected chi connectivity index (χ3v) is 5.73. The average molecular weight is 356 g/mol. The first-order valence-electron chi connectivity index (χ1n) is 10.1. The lowest BCUT2D eigenvalue weighted by Gasteiger charge is -2.21. The maximum absolute atomic E-state index is 12.5. The molecular weight excluding hydrogens is 328 g/mol. The summed E-state index contributed by atoms with van der Waals surface area (Å²) in [7, 11) is 0. The Morgan fingerprint density at radius 1 is 1.08 bits per heavy atom. The molecule has 2 fully saturated rings. The number of nitrogens with one attached hydrogen (secondary N) is 1. The van der Waals surface area contributed by atoms with Gasteiger partial charge in [-0.15, -0.1) is 10.2 Å². The van der Waals surface area contributed by atoms with Crippen LogP contribution in [0.15, 0.2) is 22.7 Å². The number of hydrogen-bond donors (Lipinski definition) is 1. The van der Waals surface area contributed by atoms with Gasteiger partial charge < -0.3 is 14.3 Å². The largest absolute Gasteiger partial charge is 0.419 e. The predicted octanol–water partition coefficient (Wildman–Crippen LogP) is 4.03. The zero-order valence-corrected chi connectivity index (χ0v) is 15.3. The normalized spacial score (nSPS) is 19.5. The number of nitrogens with zero attached hydrogens (tertiary/aromatic N) is 3. The van der Waals surface area contributed by atoms with Crippen molar-refractivity contribution in [3.05, 3.63) is 24.2 Å². The molecule has 0 atom stereocenters. The van der Waals surface area contributed by atoms with Crippen molar-refractivity contribution in [2.45, 2.75) is 82.7 Å². The molecule has 1 amide bonds. The monoisotopic (exact) mass is 356 g/mol. The molecule has 0 aliphatic heterocycles. The molecular formula is C20H28N4O2. The molecule has 6 nitrogen and oxygen atoms in total. The first-order valence-corrected chi connectivity index (χ1v) is 10.1. The first-order chi connectivity index (χ1) is 12.8. The summed E-state index contributed by atoms with van der Waals surface area (Å²) < 4.78 is 7.76. The van der Waals surface area contributed by atoms with Gasteiger partial charge in [-0.3, -0.25) is 4.79 Å². The van der Waals surface area contributed by atoms with Crippen molar-refractivity contribution in [1.82, 2.24) is 20.1 Å². The SMILES string of the molecule is O=C(Cn1cccc1-c1nnc(C2CCC2)o1)NC1CCCCCCC1. The highest BCUT2D eigenvalue weighted by Gasteiger charge is 2.26. The topological polar surface area (TPSA) is 73.0 Å². The zero-order valence-electron chi connectivity index (χ0n) is 15.3. The molecule has 2 aromatic heterocycles. The first kappa shape index (κ1) is 17.3. The van der Waals surface area contributed by atoms with Crippen molar-refractivity contribution in [3.8, 4) is 11.6 Å². The van der Waals surface area contributed by atoms with Crippen LogP contribution in [0.25, 0.3) is 11.6 Å². The van der Waals surface area contributed by atoms with Gasteiger partial charge in [-0.1, -0.05) is 38.5 Å². The Labute approximate surface area is 154 Å². The summed E-state index contributed by atoms with van der Waals surface area (Å²) in [5.74, 6) is 1.72. The van der Waals surface area contributed by atoms with E-state index in [4.69, 9.17) is 4.42 Å². The average Bonchev–Trinajstić information content (AvgIpc) is 3.17. The van der Waals surface area contributed by atoms with Gasteiger partial charge >= 0.3 is 0 Å². The Bertz CT molecular complexity index is 724. The van der Waals surface area contributed by atoms with Crippen LogP contribution in [0.2, 0.25) is 0 Å². The minimum absolute atomic E-state index is 0.0618. The van der Waals surface area contributed by atoms with Crippen LogP contribution in [0.5, 0.6) is 0 Å². The highest BCUT2D eigenvalue weighted by Crippen LogP contribution is 2.36. The summed E-state index contributed by atoms with van der Waals surface area (Å²) in [6, 6.07) is 4.17. The molecule has 2 heterocycles. The fourth-order valence-electron chi connectivity index (χ4n) is 3.93. The van der Waals surface area contributed by atoms with Crippen LogP contribution < -0.4 is 5.32 Å². The maximum Gasteiger partial charge on any atom is 0.264 e. The number of aromatic nitrogens is 3. The van der Waals surface area contributed by atoms with Crippen molar-refractivity contribution in [1.29, 1.82) is 0 Å². The van der Waals surface area contributed by atoms with Gasteiger partial charge in [0.2, 0.25) is 11.8 Å². The lowest BCUT2D eigenvalue weighted by atomic mass is 9.85. The summed E-state index contributed by atoms with van der Waals surface area (Å²) >= 11 is 0. The fraction of sp³-hybridized carbons (Fsp3) is 0.650. The van der Waals surface area contributed by atoms with E-state index in [0.29, 0.717) is 24.4 Å². The molecule has 2 aliphatic carbocycles. The van der Waals surface area contributed by atoms with Crippen LogP contribution in [-0.2, 0) is 11.3 Å². The number of hydrogen-bond acceptors (Lipinski definition) is 4. The summed E-state index contributed by atoms with van der Waals surface area (Å²) in [5.41, 5.74) is 0.816. The molecule has 0 aromatic carbocycles. The standard InChI is InChI=1S/C20H28N4O2/c25-18(21-16-10-4-2-1-3-5-11-16)14-24-13-7-12-17(24)20-23-22-19(26-20)15-8-6-9-15/h7,12-13,15-16H,1-6,8-11,14H2,(H,21,25). The van der Waals surface area contributed by atoms with E-state index < -0.39 is 0 Å². The van der Waals surface area contributed by atoms with Gasteiger partial charge in [0.05, 0.1) is 0 Å². The molecule has 2 aromatic rings. The van der Waals surface area contributed by atoms with Crippen molar-refractivity contribution in [2.75, 3.05) is 0 Å². The van der Waals surface area contributed by atoms with E-state index in [1.165, 1.54) is 38.5 Å². The number of carbonyl (C=O) groups is 1. The van der Waals surface area contributed by atoms with Crippen molar-refractivity contribution < 1.29 is 9.21 Å². The Kier molecular flexibility index (Phi) is 5.37. The summed E-state index contributed by atoms with van der Waals surface area (Å²) in [6.45, 7) is 0.292. The quantitative estimate of drug-likeness (QED) is 0.878. The molecule has 0 unspecified atom stereocenters. The molecule has 4 rings (SSSR count). The Balaban J connectivity index is 1.38. The van der Waals surface area contributed by atoms with E-state index in [-0.39, 0.29) is 5.91 Å². The second-order valence-electron chi connectivity index (χ2n) is 7.70. The van der Waals surface area contributed by atoms with Gasteiger partial charge in [0.1, 0.15) is 12.2 Å². The molecule has 2 saturated carbocycles. The summed E-state index contributed by atoms with van der Waals surface area (Å²) in [4.78, 5) is 12.5. The Morgan fingerprint density at radius 3 is 2.58 bits per heavy atom. The molecule has 1 N–H and O–H groups in total. The molecule has 0 saturated heterocycles. The van der Waals surface area contributed by atoms with Crippen molar-refractivity contribution in [2.24, 2.45) is 0 Å². The Hall–Kier alpha value is -2.11. The van der Waals surface area contributed by atoms with E-state index >= 15 is 0 Å². The third-order valence-electron chi connectivity index (χ3n) is 5.73. The second-order valence-corrected chi connectivity index (χ2v) is 7.70. The van der Waals surface area contributed by atoms with E-state index in [2.05, 4.69) is 15.5 Å². The number of amides is 1. The maximum atomic E-state index is 12.5. The minimum Gasteiger partial charge on any atom is -0.419 e. The molecule has 0 radical (unpaired) electrons. The molecule has 140 valence electrons. The number of rotatable bonds is 5. The smallest absolute Gasteiger partial charge is 0.264 e. The molecule has 6 heteroatoms. The van der Waals surface area contributed by atoms with E-state index in [1.807, 2.05) is 22.9 Å². The van der Waals surface area contributed by atoms with Gasteiger partial charge in [0.25, 0.3) is 5.89 Å². The third kappa shape index (κ3) is 4.00. The Morgan fingerprint density at radius 2 is 1.85 bits per heavy atom. The van der Waals surface area contributed by atoms with Gasteiger partial charge in [-0.2, -0.15) is 0 Å². The zero-order chi connectivity index (χ0) is 17.8. The lowest BCUT2D eigenvalue weighted by molar-refractivity contribution is -0.122. The molecule has 0 spiro atoms. The van der Waals surface area contributed by atoms with Crippen LogP contribution >= 0.6 is 0 Å². The molecule has 0 bridgehead atoms. The minimum atomic E-state index is 0.0618. The molecule has 2 aliphatic rings. The van der Waals surface area contributed by atoms with Crippen LogP contribution in [0.4, 0.5) is 0 Å². The van der Waals surface area contributed by atoms with Gasteiger partial charge in [-0.25, -0.2) is 0 Å². The van der Waals surface area contributed by atoms with Crippen LogP contribution in [-0.4, -0.2) is 26.7 Å². The number of carbonyl (C=O) groups excluding carboxylic acids is 1. The summed E-state index contributed by atoms with van der Waals surface area (Å²) in [5, 5.41) is 11.6. The van der Waals surface area contributed by atoms with Gasteiger partial charge in [-0.05, 0) is 37.8 Å². The predicted molar refractivity (Wildman–Crippen MR) is 98.6 cm³/mol. The fourth-order valence-corrected chi connectivity index (χ4v) is 3.93. The van der Waals surface area contributed by atoms with Crippen LogP contribution in [0.3, 0.4) is 0 Å². The van der Waals surface area contributed by atoms with Gasteiger partial charge in [0, 0.05) is 18.2 Å². The molecule has 26 heavy (non-hydrogen) atoms.